The maximum absolute atomic E-state index is 12.9. The summed E-state index contributed by atoms with van der Waals surface area (Å²) in [6.45, 7) is 3.16. The number of aryl methyl sites for hydroxylation is 1. The Balaban J connectivity index is 1.79. The van der Waals surface area contributed by atoms with Crippen molar-refractivity contribution in [3.63, 3.8) is 0 Å². The zero-order chi connectivity index (χ0) is 26.0. The smallest absolute Gasteiger partial charge is 0.261 e. The normalized spacial score (nSPS) is 12.6. The van der Waals surface area contributed by atoms with Gasteiger partial charge < -0.3 is 5.32 Å². The van der Waals surface area contributed by atoms with Crippen LogP contribution in [-0.2, 0) is 24.8 Å². The Morgan fingerprint density at radius 3 is 1.97 bits per heavy atom. The molecule has 186 valence electrons. The summed E-state index contributed by atoms with van der Waals surface area (Å²) in [5.74, 6) is -0.607. The quantitative estimate of drug-likeness (QED) is 0.410. The van der Waals surface area contributed by atoms with Crippen LogP contribution in [0.3, 0.4) is 0 Å². The van der Waals surface area contributed by atoms with Gasteiger partial charge in [-0.1, -0.05) is 29.3 Å². The first-order valence-electron chi connectivity index (χ1n) is 10.2. The molecule has 1 atom stereocenters. The lowest BCUT2D eigenvalue weighted by Crippen LogP contribution is -2.45. The van der Waals surface area contributed by atoms with Crippen molar-refractivity contribution < 1.29 is 21.6 Å². The van der Waals surface area contributed by atoms with Crippen LogP contribution in [0.5, 0.6) is 0 Å². The Kier molecular flexibility index (Phi) is 8.00. The SMILES string of the molecule is Cc1ccc(Cl)cc1N([C@@H](C)C(=O)Nc1ccc(S(=O)(=O)Nc2ccc(Cl)cc2)cc1)S(C)(=O)=O. The summed E-state index contributed by atoms with van der Waals surface area (Å²) in [4.78, 5) is 12.9. The van der Waals surface area contributed by atoms with Crippen molar-refractivity contribution in [3.05, 3.63) is 82.3 Å². The molecule has 35 heavy (non-hydrogen) atoms. The second-order valence-electron chi connectivity index (χ2n) is 7.79. The fourth-order valence-electron chi connectivity index (χ4n) is 3.30. The number of benzene rings is 3. The van der Waals surface area contributed by atoms with E-state index in [1.807, 2.05) is 0 Å². The summed E-state index contributed by atoms with van der Waals surface area (Å²) in [6, 6.07) is 15.3. The van der Waals surface area contributed by atoms with E-state index < -0.39 is 32.0 Å². The molecule has 3 rings (SSSR count). The Morgan fingerprint density at radius 1 is 0.857 bits per heavy atom. The maximum Gasteiger partial charge on any atom is 0.261 e. The highest BCUT2D eigenvalue weighted by Gasteiger charge is 2.30. The fraction of sp³-hybridized carbons (Fsp3) is 0.174. The van der Waals surface area contributed by atoms with Crippen LogP contribution in [0.4, 0.5) is 17.1 Å². The van der Waals surface area contributed by atoms with Gasteiger partial charge in [-0.3, -0.25) is 13.8 Å². The van der Waals surface area contributed by atoms with Gasteiger partial charge in [0.05, 0.1) is 16.8 Å². The van der Waals surface area contributed by atoms with E-state index >= 15 is 0 Å². The van der Waals surface area contributed by atoms with Gasteiger partial charge >= 0.3 is 0 Å². The molecule has 0 unspecified atom stereocenters. The number of rotatable bonds is 8. The van der Waals surface area contributed by atoms with Crippen molar-refractivity contribution in [2.75, 3.05) is 20.6 Å². The molecule has 12 heteroatoms. The molecule has 0 bridgehead atoms. The monoisotopic (exact) mass is 555 g/mol. The summed E-state index contributed by atoms with van der Waals surface area (Å²) in [5.41, 5.74) is 1.56. The molecule has 0 aliphatic carbocycles. The first-order valence-corrected chi connectivity index (χ1v) is 14.3. The highest BCUT2D eigenvalue weighted by Crippen LogP contribution is 2.29. The molecular weight excluding hydrogens is 533 g/mol. The molecule has 0 heterocycles. The average molecular weight is 556 g/mol. The molecule has 0 radical (unpaired) electrons. The number of nitrogens with one attached hydrogen (secondary N) is 2. The maximum atomic E-state index is 12.9. The van der Waals surface area contributed by atoms with E-state index in [1.54, 1.807) is 31.2 Å². The van der Waals surface area contributed by atoms with Crippen LogP contribution in [0.25, 0.3) is 0 Å². The number of anilines is 3. The summed E-state index contributed by atoms with van der Waals surface area (Å²) < 4.78 is 53.8. The minimum atomic E-state index is -3.87. The van der Waals surface area contributed by atoms with Gasteiger partial charge in [0, 0.05) is 21.4 Å². The Labute approximate surface area is 215 Å². The van der Waals surface area contributed by atoms with Crippen LogP contribution in [-0.4, -0.2) is 35.0 Å². The van der Waals surface area contributed by atoms with Crippen LogP contribution in [0, 0.1) is 6.92 Å². The van der Waals surface area contributed by atoms with Crippen molar-refractivity contribution in [2.45, 2.75) is 24.8 Å². The molecule has 0 spiro atoms. The number of carbonyl (C=O) groups is 1. The number of nitrogens with zero attached hydrogens (tertiary/aromatic N) is 1. The third-order valence-corrected chi connectivity index (χ3v) is 8.14. The van der Waals surface area contributed by atoms with Crippen LogP contribution >= 0.6 is 23.2 Å². The van der Waals surface area contributed by atoms with Crippen LogP contribution < -0.4 is 14.3 Å². The lowest BCUT2D eigenvalue weighted by Gasteiger charge is -2.29. The van der Waals surface area contributed by atoms with E-state index in [1.165, 1.54) is 49.4 Å². The van der Waals surface area contributed by atoms with Gasteiger partial charge in [-0.2, -0.15) is 0 Å². The molecule has 0 aliphatic rings. The van der Waals surface area contributed by atoms with Crippen molar-refractivity contribution in [1.29, 1.82) is 0 Å². The first-order chi connectivity index (χ1) is 16.3. The molecule has 0 saturated heterocycles. The molecule has 0 fully saturated rings. The van der Waals surface area contributed by atoms with Crippen LogP contribution in [0.15, 0.2) is 71.6 Å². The molecule has 3 aromatic carbocycles. The topological polar surface area (TPSA) is 113 Å². The number of amides is 1. The van der Waals surface area contributed by atoms with Gasteiger partial charge in [0.1, 0.15) is 6.04 Å². The van der Waals surface area contributed by atoms with E-state index in [0.29, 0.717) is 27.0 Å². The van der Waals surface area contributed by atoms with Crippen molar-refractivity contribution in [2.24, 2.45) is 0 Å². The zero-order valence-corrected chi connectivity index (χ0v) is 22.1. The van der Waals surface area contributed by atoms with Crippen molar-refractivity contribution >= 4 is 66.2 Å². The second-order valence-corrected chi connectivity index (χ2v) is 12.2. The van der Waals surface area contributed by atoms with E-state index in [0.717, 1.165) is 10.6 Å². The molecule has 2 N–H and O–H groups in total. The highest BCUT2D eigenvalue weighted by molar-refractivity contribution is 7.92. The van der Waals surface area contributed by atoms with E-state index in [-0.39, 0.29) is 10.6 Å². The number of hydrogen-bond donors (Lipinski definition) is 2. The van der Waals surface area contributed by atoms with E-state index in [2.05, 4.69) is 10.0 Å². The Hall–Kier alpha value is -2.79. The highest BCUT2D eigenvalue weighted by atomic mass is 35.5. The van der Waals surface area contributed by atoms with E-state index in [4.69, 9.17) is 23.2 Å². The lowest BCUT2D eigenvalue weighted by molar-refractivity contribution is -0.116. The number of hydrogen-bond acceptors (Lipinski definition) is 5. The minimum absolute atomic E-state index is 0.0224. The van der Waals surface area contributed by atoms with Crippen LogP contribution in [0.2, 0.25) is 10.0 Å². The fourth-order valence-corrected chi connectivity index (χ4v) is 5.87. The van der Waals surface area contributed by atoms with Gasteiger partial charge in [-0.05, 0) is 80.1 Å². The Bertz CT molecular complexity index is 1440. The first kappa shape index (κ1) is 26.8. The number of carbonyl (C=O) groups excluding carboxylic acids is 1. The molecular formula is C23H23Cl2N3O5S2. The van der Waals surface area contributed by atoms with E-state index in [9.17, 15) is 21.6 Å². The summed E-state index contributed by atoms with van der Waals surface area (Å²) >= 11 is 11.9. The average Bonchev–Trinajstić information content (AvgIpc) is 2.77. The molecule has 1 amide bonds. The van der Waals surface area contributed by atoms with Crippen molar-refractivity contribution in [1.82, 2.24) is 0 Å². The van der Waals surface area contributed by atoms with Gasteiger partial charge in [0.2, 0.25) is 15.9 Å². The lowest BCUT2D eigenvalue weighted by atomic mass is 10.1. The third kappa shape index (κ3) is 6.66. The Morgan fingerprint density at radius 2 is 1.40 bits per heavy atom. The summed E-state index contributed by atoms with van der Waals surface area (Å²) in [5, 5.41) is 3.43. The standard InChI is InChI=1S/C23H23Cl2N3O5S2/c1-15-4-5-18(25)14-22(15)28(34(3,30)31)16(2)23(29)26-19-10-12-21(13-11-19)35(32,33)27-20-8-6-17(24)7-9-20/h4-14,16,27H,1-3H3,(H,26,29)/t16-/m0/s1. The minimum Gasteiger partial charge on any atom is -0.324 e. The van der Waals surface area contributed by atoms with Gasteiger partial charge in [0.15, 0.2) is 0 Å². The molecule has 8 nitrogen and oxygen atoms in total. The predicted octanol–water partition coefficient (Wildman–Crippen LogP) is 4.90. The van der Waals surface area contributed by atoms with Gasteiger partial charge in [-0.25, -0.2) is 16.8 Å². The third-order valence-electron chi connectivity index (χ3n) is 5.03. The summed E-state index contributed by atoms with van der Waals surface area (Å²) in [7, 11) is -7.71. The van der Waals surface area contributed by atoms with Gasteiger partial charge in [-0.15, -0.1) is 0 Å². The van der Waals surface area contributed by atoms with Gasteiger partial charge in [0.25, 0.3) is 10.0 Å². The number of sulfonamides is 2. The number of halogens is 2. The second kappa shape index (κ2) is 10.4. The van der Waals surface area contributed by atoms with Crippen molar-refractivity contribution in [3.8, 4) is 0 Å². The molecule has 3 aromatic rings. The molecule has 0 aliphatic heterocycles. The molecule has 0 aromatic heterocycles. The predicted molar refractivity (Wildman–Crippen MR) is 140 cm³/mol. The zero-order valence-electron chi connectivity index (χ0n) is 19.0. The largest absolute Gasteiger partial charge is 0.324 e. The summed E-state index contributed by atoms with van der Waals surface area (Å²) in [6.07, 6.45) is 1.00. The molecule has 0 saturated carbocycles. The van der Waals surface area contributed by atoms with Crippen LogP contribution in [0.1, 0.15) is 12.5 Å².